The zero-order valence-electron chi connectivity index (χ0n) is 18.8. The lowest BCUT2D eigenvalue weighted by molar-refractivity contribution is 0.411. The van der Waals surface area contributed by atoms with Crippen LogP contribution in [0.2, 0.25) is 0 Å². The van der Waals surface area contributed by atoms with Crippen LogP contribution in [0.4, 0.5) is 4.39 Å². The standard InChI is InChI=1S/C26H19FN6O2/c1-34-17-6-14(5-16(27)8-17)19-3-4-29-26-20(19)9-23(31-26)25-21-10-22(30-13-24(21)32-33-25)15-7-18(35-2)12-28-11-15/h3-13H,1-2H3,(H,29,31)(H,32,33). The molecule has 0 aliphatic carbocycles. The molecule has 0 aliphatic heterocycles. The van der Waals surface area contributed by atoms with Crippen molar-refractivity contribution in [2.45, 2.75) is 0 Å². The highest BCUT2D eigenvalue weighted by atomic mass is 19.1. The van der Waals surface area contributed by atoms with Crippen LogP contribution in [0.25, 0.3) is 55.7 Å². The second kappa shape index (κ2) is 8.21. The lowest BCUT2D eigenvalue weighted by Gasteiger charge is -2.06. The molecule has 0 aliphatic rings. The second-order valence-corrected chi connectivity index (χ2v) is 7.98. The third kappa shape index (κ3) is 3.63. The largest absolute Gasteiger partial charge is 0.497 e. The van der Waals surface area contributed by atoms with Crippen LogP contribution in [0.3, 0.4) is 0 Å². The van der Waals surface area contributed by atoms with Crippen LogP contribution in [0.1, 0.15) is 0 Å². The third-order valence-corrected chi connectivity index (χ3v) is 5.90. The van der Waals surface area contributed by atoms with Gasteiger partial charge >= 0.3 is 0 Å². The first-order chi connectivity index (χ1) is 17.1. The molecule has 35 heavy (non-hydrogen) atoms. The smallest absolute Gasteiger partial charge is 0.138 e. The zero-order chi connectivity index (χ0) is 23.9. The van der Waals surface area contributed by atoms with Gasteiger partial charge in [0, 0.05) is 34.8 Å². The van der Waals surface area contributed by atoms with Crippen LogP contribution in [-0.2, 0) is 0 Å². The number of hydrogen-bond acceptors (Lipinski definition) is 6. The molecule has 0 fully saturated rings. The lowest BCUT2D eigenvalue weighted by atomic mass is 10.0. The van der Waals surface area contributed by atoms with Gasteiger partial charge in [-0.25, -0.2) is 9.37 Å². The Hall–Kier alpha value is -4.79. The number of aromatic amines is 2. The summed E-state index contributed by atoms with van der Waals surface area (Å²) in [5.41, 5.74) is 6.07. The number of fused-ring (bicyclic) bond motifs is 2. The molecule has 6 rings (SSSR count). The molecule has 0 bridgehead atoms. The molecule has 0 atom stereocenters. The summed E-state index contributed by atoms with van der Waals surface area (Å²) in [5.74, 6) is 0.733. The fraction of sp³-hybridized carbons (Fsp3) is 0.0769. The number of H-pyrrole nitrogens is 2. The highest BCUT2D eigenvalue weighted by Crippen LogP contribution is 2.35. The Morgan fingerprint density at radius 3 is 2.54 bits per heavy atom. The van der Waals surface area contributed by atoms with Crippen LogP contribution in [-0.4, -0.2) is 44.4 Å². The number of ether oxygens (including phenoxy) is 2. The number of methoxy groups -OCH3 is 2. The molecular weight excluding hydrogens is 447 g/mol. The number of pyridine rings is 3. The zero-order valence-corrected chi connectivity index (χ0v) is 18.8. The number of benzene rings is 1. The Bertz CT molecular complexity index is 1710. The molecule has 5 aromatic heterocycles. The van der Waals surface area contributed by atoms with Crippen molar-refractivity contribution < 1.29 is 13.9 Å². The predicted octanol–water partition coefficient (Wildman–Crippen LogP) is 5.39. The fourth-order valence-corrected chi connectivity index (χ4v) is 4.19. The summed E-state index contributed by atoms with van der Waals surface area (Å²) in [7, 11) is 3.12. The molecule has 0 saturated carbocycles. The molecule has 8 nitrogen and oxygen atoms in total. The first kappa shape index (κ1) is 20.8. The second-order valence-electron chi connectivity index (χ2n) is 7.98. The highest BCUT2D eigenvalue weighted by molar-refractivity contribution is 6.00. The Balaban J connectivity index is 1.48. The normalized spacial score (nSPS) is 11.3. The van der Waals surface area contributed by atoms with Gasteiger partial charge in [0.25, 0.3) is 0 Å². The van der Waals surface area contributed by atoms with Gasteiger partial charge in [0.05, 0.1) is 43.5 Å². The van der Waals surface area contributed by atoms with E-state index in [1.165, 1.54) is 19.2 Å². The van der Waals surface area contributed by atoms with E-state index in [1.807, 2.05) is 24.3 Å². The minimum Gasteiger partial charge on any atom is -0.497 e. The van der Waals surface area contributed by atoms with Gasteiger partial charge in [-0.15, -0.1) is 0 Å². The topological polar surface area (TPSA) is 102 Å². The van der Waals surface area contributed by atoms with Crippen LogP contribution in [0, 0.1) is 5.82 Å². The van der Waals surface area contributed by atoms with Gasteiger partial charge < -0.3 is 14.5 Å². The average Bonchev–Trinajstić information content (AvgIpc) is 3.51. The van der Waals surface area contributed by atoms with E-state index in [9.17, 15) is 4.39 Å². The van der Waals surface area contributed by atoms with E-state index >= 15 is 0 Å². The Morgan fingerprint density at radius 2 is 1.69 bits per heavy atom. The van der Waals surface area contributed by atoms with E-state index < -0.39 is 0 Å². The summed E-state index contributed by atoms with van der Waals surface area (Å²) >= 11 is 0. The van der Waals surface area contributed by atoms with Crippen LogP contribution in [0.15, 0.2) is 67.3 Å². The molecule has 0 radical (unpaired) electrons. The van der Waals surface area contributed by atoms with Crippen molar-refractivity contribution in [3.8, 4) is 45.3 Å². The summed E-state index contributed by atoms with van der Waals surface area (Å²) in [6.45, 7) is 0. The van der Waals surface area contributed by atoms with E-state index in [2.05, 4.69) is 30.1 Å². The van der Waals surface area contributed by atoms with Gasteiger partial charge in [0.2, 0.25) is 0 Å². The van der Waals surface area contributed by atoms with E-state index in [1.54, 1.807) is 38.0 Å². The van der Waals surface area contributed by atoms with Crippen molar-refractivity contribution in [2.24, 2.45) is 0 Å². The van der Waals surface area contributed by atoms with E-state index in [0.29, 0.717) is 22.7 Å². The van der Waals surface area contributed by atoms with Crippen LogP contribution >= 0.6 is 0 Å². The first-order valence-corrected chi connectivity index (χ1v) is 10.8. The number of hydrogen-bond donors (Lipinski definition) is 2. The number of rotatable bonds is 5. The number of halogens is 1. The highest BCUT2D eigenvalue weighted by Gasteiger charge is 2.16. The summed E-state index contributed by atoms with van der Waals surface area (Å²) in [6, 6.07) is 12.3. The molecule has 0 amide bonds. The van der Waals surface area contributed by atoms with Crippen molar-refractivity contribution in [1.82, 2.24) is 30.1 Å². The molecule has 5 heterocycles. The number of nitrogens with one attached hydrogen (secondary N) is 2. The number of aromatic nitrogens is 6. The van der Waals surface area contributed by atoms with Crippen LogP contribution in [0.5, 0.6) is 11.5 Å². The Labute approximate surface area is 198 Å². The molecule has 1 aromatic carbocycles. The van der Waals surface area contributed by atoms with Crippen molar-refractivity contribution in [2.75, 3.05) is 14.2 Å². The van der Waals surface area contributed by atoms with E-state index in [0.717, 1.165) is 44.5 Å². The van der Waals surface area contributed by atoms with Crippen LogP contribution < -0.4 is 9.47 Å². The predicted molar refractivity (Wildman–Crippen MR) is 131 cm³/mol. The van der Waals surface area contributed by atoms with Gasteiger partial charge in [-0.3, -0.25) is 15.1 Å². The van der Waals surface area contributed by atoms with Crippen molar-refractivity contribution in [3.63, 3.8) is 0 Å². The Kier molecular flexibility index (Phi) is 4.88. The maximum Gasteiger partial charge on any atom is 0.138 e. The average molecular weight is 466 g/mol. The Morgan fingerprint density at radius 1 is 0.829 bits per heavy atom. The van der Waals surface area contributed by atoms with Crippen molar-refractivity contribution in [3.05, 3.63) is 73.1 Å². The third-order valence-electron chi connectivity index (χ3n) is 5.90. The fourth-order valence-electron chi connectivity index (χ4n) is 4.19. The van der Waals surface area contributed by atoms with Gasteiger partial charge in [-0.2, -0.15) is 5.10 Å². The SMILES string of the molecule is COc1cncc(-c2cc3c(-c4cc5c(-c6cc(F)cc(OC)c6)ccnc5[nH]4)n[nH]c3cn2)c1. The lowest BCUT2D eigenvalue weighted by Crippen LogP contribution is -1.88. The number of nitrogens with zero attached hydrogens (tertiary/aromatic N) is 4. The van der Waals surface area contributed by atoms with Crippen molar-refractivity contribution >= 4 is 21.9 Å². The first-order valence-electron chi connectivity index (χ1n) is 10.8. The molecule has 0 unspecified atom stereocenters. The van der Waals surface area contributed by atoms with E-state index in [4.69, 9.17) is 9.47 Å². The molecule has 9 heteroatoms. The minimum absolute atomic E-state index is 0.370. The maximum atomic E-state index is 14.2. The summed E-state index contributed by atoms with van der Waals surface area (Å²) in [6.07, 6.45) is 6.82. The quantitative estimate of drug-likeness (QED) is 0.353. The van der Waals surface area contributed by atoms with Gasteiger partial charge in [0.1, 0.15) is 28.7 Å². The molecule has 0 spiro atoms. The maximum absolute atomic E-state index is 14.2. The monoisotopic (exact) mass is 466 g/mol. The van der Waals surface area contributed by atoms with E-state index in [-0.39, 0.29) is 5.82 Å². The summed E-state index contributed by atoms with van der Waals surface area (Å²) in [4.78, 5) is 16.6. The molecule has 6 aromatic rings. The summed E-state index contributed by atoms with van der Waals surface area (Å²) in [5, 5.41) is 9.30. The van der Waals surface area contributed by atoms with Crippen molar-refractivity contribution in [1.29, 1.82) is 0 Å². The molecule has 172 valence electrons. The van der Waals surface area contributed by atoms with Gasteiger partial charge in [-0.1, -0.05) is 0 Å². The molecular formula is C26H19FN6O2. The van der Waals surface area contributed by atoms with Gasteiger partial charge in [0.15, 0.2) is 0 Å². The molecule has 2 N–H and O–H groups in total. The minimum atomic E-state index is -0.370. The molecule has 0 saturated heterocycles. The van der Waals surface area contributed by atoms with Gasteiger partial charge in [-0.05, 0) is 47.5 Å². The summed E-state index contributed by atoms with van der Waals surface area (Å²) < 4.78 is 24.7.